The van der Waals surface area contributed by atoms with Crippen molar-refractivity contribution >= 4 is 34.4 Å². The summed E-state index contributed by atoms with van der Waals surface area (Å²) in [5.41, 5.74) is 1.63. The number of anilines is 1. The summed E-state index contributed by atoms with van der Waals surface area (Å²) in [6.07, 6.45) is 0.108. The van der Waals surface area contributed by atoms with Gasteiger partial charge in [0, 0.05) is 24.7 Å². The predicted octanol–water partition coefficient (Wildman–Crippen LogP) is 5.45. The fourth-order valence-corrected chi connectivity index (χ4v) is 4.66. The van der Waals surface area contributed by atoms with E-state index in [0.29, 0.717) is 18.7 Å². The van der Waals surface area contributed by atoms with Crippen molar-refractivity contribution in [3.05, 3.63) is 77.9 Å². The van der Waals surface area contributed by atoms with Crippen LogP contribution in [0.25, 0.3) is 10.8 Å². The number of carbonyl (C=O) groups is 3. The molecule has 1 fully saturated rings. The SMILES string of the molecule is CC(C)(C)OC(=O)N1CCC(C(=O)O)C(c2cccc(NC(=O)Cc3ccc4ccccc4c3)c2)C1. The largest absolute Gasteiger partial charge is 0.481 e. The van der Waals surface area contributed by atoms with Crippen LogP contribution >= 0.6 is 0 Å². The molecule has 0 aromatic heterocycles. The van der Waals surface area contributed by atoms with E-state index in [4.69, 9.17) is 4.74 Å². The van der Waals surface area contributed by atoms with E-state index in [1.165, 1.54) is 0 Å². The topological polar surface area (TPSA) is 95.9 Å². The highest BCUT2D eigenvalue weighted by Gasteiger charge is 2.38. The Balaban J connectivity index is 1.48. The van der Waals surface area contributed by atoms with E-state index in [-0.39, 0.29) is 18.9 Å². The molecule has 2 amide bonds. The summed E-state index contributed by atoms with van der Waals surface area (Å²) in [5, 5.41) is 15.0. The van der Waals surface area contributed by atoms with Crippen LogP contribution in [-0.4, -0.2) is 46.7 Å². The molecule has 1 aliphatic rings. The standard InChI is InChI=1S/C29H32N2O5/c1-29(2,3)36-28(35)31-14-13-24(27(33)34)25(18-31)22-9-6-10-23(17-22)30-26(32)16-19-11-12-20-7-4-5-8-21(20)15-19/h4-12,15,17,24-25H,13-14,16,18H2,1-3H3,(H,30,32)(H,33,34). The first-order valence-electron chi connectivity index (χ1n) is 12.2. The first-order valence-corrected chi connectivity index (χ1v) is 12.2. The second kappa shape index (κ2) is 10.4. The third-order valence-electron chi connectivity index (χ3n) is 6.36. The van der Waals surface area contributed by atoms with Crippen molar-refractivity contribution < 1.29 is 24.2 Å². The van der Waals surface area contributed by atoms with E-state index < -0.39 is 29.5 Å². The van der Waals surface area contributed by atoms with Crippen molar-refractivity contribution in [1.82, 2.24) is 4.90 Å². The number of carbonyl (C=O) groups excluding carboxylic acids is 2. The van der Waals surface area contributed by atoms with E-state index in [9.17, 15) is 19.5 Å². The number of aliphatic carboxylic acids is 1. The van der Waals surface area contributed by atoms with Crippen LogP contribution in [0.4, 0.5) is 10.5 Å². The molecule has 2 atom stereocenters. The number of carboxylic acid groups (broad SMARTS) is 1. The number of hydrogen-bond donors (Lipinski definition) is 2. The first-order chi connectivity index (χ1) is 17.1. The second-order valence-electron chi connectivity index (χ2n) is 10.3. The Labute approximate surface area is 211 Å². The highest BCUT2D eigenvalue weighted by Crippen LogP contribution is 2.34. The van der Waals surface area contributed by atoms with Crippen LogP contribution in [0.1, 0.15) is 44.2 Å². The fourth-order valence-electron chi connectivity index (χ4n) is 4.66. The minimum absolute atomic E-state index is 0.156. The number of hydrogen-bond acceptors (Lipinski definition) is 4. The van der Waals surface area contributed by atoms with Gasteiger partial charge in [0.2, 0.25) is 5.91 Å². The van der Waals surface area contributed by atoms with Gasteiger partial charge < -0.3 is 20.1 Å². The molecule has 36 heavy (non-hydrogen) atoms. The summed E-state index contributed by atoms with van der Waals surface area (Å²) < 4.78 is 5.50. The molecule has 0 radical (unpaired) electrons. The zero-order chi connectivity index (χ0) is 25.9. The van der Waals surface area contributed by atoms with Crippen LogP contribution in [0.2, 0.25) is 0 Å². The Morgan fingerprint density at radius 1 is 1.00 bits per heavy atom. The van der Waals surface area contributed by atoms with Gasteiger partial charge in [-0.05, 0) is 61.2 Å². The van der Waals surface area contributed by atoms with Gasteiger partial charge in [0.1, 0.15) is 5.60 Å². The van der Waals surface area contributed by atoms with Gasteiger partial charge in [-0.2, -0.15) is 0 Å². The number of piperidine rings is 1. The van der Waals surface area contributed by atoms with Crippen molar-refractivity contribution in [2.24, 2.45) is 5.92 Å². The Morgan fingerprint density at radius 3 is 2.47 bits per heavy atom. The number of nitrogens with one attached hydrogen (secondary N) is 1. The molecule has 2 N–H and O–H groups in total. The second-order valence-corrected chi connectivity index (χ2v) is 10.3. The average Bonchev–Trinajstić information content (AvgIpc) is 2.82. The molecule has 3 aromatic rings. The molecular formula is C29H32N2O5. The highest BCUT2D eigenvalue weighted by atomic mass is 16.6. The first kappa shape index (κ1) is 25.2. The van der Waals surface area contributed by atoms with Crippen LogP contribution in [-0.2, 0) is 20.7 Å². The van der Waals surface area contributed by atoms with E-state index in [2.05, 4.69) is 5.32 Å². The Bertz CT molecular complexity index is 1280. The van der Waals surface area contributed by atoms with Crippen LogP contribution in [0.15, 0.2) is 66.7 Å². The lowest BCUT2D eigenvalue weighted by Crippen LogP contribution is -2.46. The van der Waals surface area contributed by atoms with Gasteiger partial charge in [0.15, 0.2) is 0 Å². The van der Waals surface area contributed by atoms with Crippen molar-refractivity contribution in [3.8, 4) is 0 Å². The van der Waals surface area contributed by atoms with E-state index in [0.717, 1.165) is 21.9 Å². The zero-order valence-electron chi connectivity index (χ0n) is 20.9. The van der Waals surface area contributed by atoms with Gasteiger partial charge in [-0.1, -0.05) is 54.6 Å². The zero-order valence-corrected chi connectivity index (χ0v) is 20.9. The molecule has 188 valence electrons. The minimum Gasteiger partial charge on any atom is -0.481 e. The van der Waals surface area contributed by atoms with Crippen molar-refractivity contribution in [2.45, 2.75) is 45.1 Å². The number of benzene rings is 3. The molecule has 2 unspecified atom stereocenters. The molecule has 3 aromatic carbocycles. The molecule has 1 heterocycles. The summed E-state index contributed by atoms with van der Waals surface area (Å²) in [7, 11) is 0. The molecule has 7 heteroatoms. The molecular weight excluding hydrogens is 456 g/mol. The molecule has 0 bridgehead atoms. The molecule has 4 rings (SSSR count). The quantitative estimate of drug-likeness (QED) is 0.498. The van der Waals surface area contributed by atoms with E-state index in [1.54, 1.807) is 43.9 Å². The van der Waals surface area contributed by atoms with Crippen molar-refractivity contribution in [3.63, 3.8) is 0 Å². The molecule has 7 nitrogen and oxygen atoms in total. The Morgan fingerprint density at radius 2 is 1.75 bits per heavy atom. The molecule has 1 aliphatic heterocycles. The normalized spacial score (nSPS) is 18.0. The van der Waals surface area contributed by atoms with Gasteiger partial charge >= 0.3 is 12.1 Å². The lowest BCUT2D eigenvalue weighted by atomic mass is 9.80. The summed E-state index contributed by atoms with van der Waals surface area (Å²) in [4.78, 5) is 39.0. The number of rotatable bonds is 5. The third-order valence-corrected chi connectivity index (χ3v) is 6.36. The lowest BCUT2D eigenvalue weighted by Gasteiger charge is -2.37. The summed E-state index contributed by atoms with van der Waals surface area (Å²) in [6, 6.07) is 21.2. The fraction of sp³-hybridized carbons (Fsp3) is 0.345. The van der Waals surface area contributed by atoms with Gasteiger partial charge in [0.05, 0.1) is 12.3 Å². The van der Waals surface area contributed by atoms with Crippen molar-refractivity contribution in [2.75, 3.05) is 18.4 Å². The molecule has 0 aliphatic carbocycles. The number of ether oxygens (including phenoxy) is 1. The van der Waals surface area contributed by atoms with Crippen LogP contribution in [0, 0.1) is 5.92 Å². The number of nitrogens with zero attached hydrogens (tertiary/aromatic N) is 1. The van der Waals surface area contributed by atoms with Gasteiger partial charge in [-0.3, -0.25) is 9.59 Å². The van der Waals surface area contributed by atoms with Gasteiger partial charge in [-0.25, -0.2) is 4.79 Å². The molecule has 0 saturated carbocycles. The van der Waals surface area contributed by atoms with Gasteiger partial charge in [-0.15, -0.1) is 0 Å². The number of amides is 2. The maximum absolute atomic E-state index is 12.8. The number of carboxylic acids is 1. The third kappa shape index (κ3) is 6.22. The van der Waals surface area contributed by atoms with Crippen LogP contribution < -0.4 is 5.32 Å². The lowest BCUT2D eigenvalue weighted by molar-refractivity contribution is -0.144. The number of likely N-dealkylation sites (tertiary alicyclic amines) is 1. The smallest absolute Gasteiger partial charge is 0.410 e. The maximum Gasteiger partial charge on any atom is 0.410 e. The highest BCUT2D eigenvalue weighted by molar-refractivity contribution is 5.93. The summed E-state index contributed by atoms with van der Waals surface area (Å²) in [5.74, 6) is -2.10. The minimum atomic E-state index is -0.894. The van der Waals surface area contributed by atoms with E-state index in [1.807, 2.05) is 48.5 Å². The van der Waals surface area contributed by atoms with Crippen LogP contribution in [0.3, 0.4) is 0 Å². The van der Waals surface area contributed by atoms with Gasteiger partial charge in [0.25, 0.3) is 0 Å². The maximum atomic E-state index is 12.8. The number of fused-ring (bicyclic) bond motifs is 1. The summed E-state index contributed by atoms with van der Waals surface area (Å²) in [6.45, 7) is 5.97. The Hall–Kier alpha value is -3.87. The monoisotopic (exact) mass is 488 g/mol. The average molecular weight is 489 g/mol. The van der Waals surface area contributed by atoms with E-state index >= 15 is 0 Å². The summed E-state index contributed by atoms with van der Waals surface area (Å²) >= 11 is 0. The predicted molar refractivity (Wildman–Crippen MR) is 139 cm³/mol. The molecule has 0 spiro atoms. The van der Waals surface area contributed by atoms with Crippen LogP contribution in [0.5, 0.6) is 0 Å². The Kier molecular flexibility index (Phi) is 7.29. The van der Waals surface area contributed by atoms with Crippen molar-refractivity contribution in [1.29, 1.82) is 0 Å². The molecule has 1 saturated heterocycles.